The van der Waals surface area contributed by atoms with Crippen LogP contribution in [-0.4, -0.2) is 44.7 Å². The number of fused-ring (bicyclic) bond motifs is 3. The number of piperidine rings is 1. The molecule has 1 N–H and O–H groups in total. The van der Waals surface area contributed by atoms with E-state index in [0.29, 0.717) is 6.04 Å². The number of aromatic hydroxyl groups is 1. The number of imidazole rings is 1. The molecule has 29 heavy (non-hydrogen) atoms. The number of benzene rings is 2. The van der Waals surface area contributed by atoms with Crippen molar-refractivity contribution >= 4 is 21.9 Å². The van der Waals surface area contributed by atoms with E-state index in [2.05, 4.69) is 34.5 Å². The number of nitrogens with zero attached hydrogens (tertiary/aromatic N) is 4. The molecule has 0 radical (unpaired) electrons. The number of aromatic nitrogens is 3. The zero-order chi connectivity index (χ0) is 20.1. The van der Waals surface area contributed by atoms with E-state index < -0.39 is 5.82 Å². The summed E-state index contributed by atoms with van der Waals surface area (Å²) >= 11 is 0. The number of hydrogen-bond donors (Lipinski definition) is 1. The molecule has 5 nitrogen and oxygen atoms in total. The van der Waals surface area contributed by atoms with Gasteiger partial charge in [0.15, 0.2) is 11.6 Å². The highest BCUT2D eigenvalue weighted by molar-refractivity contribution is 6.04. The predicted octanol–water partition coefficient (Wildman–Crippen LogP) is 4.67. The van der Waals surface area contributed by atoms with Crippen LogP contribution in [0.1, 0.15) is 24.7 Å². The molecule has 5 rings (SSSR count). The zero-order valence-corrected chi connectivity index (χ0v) is 16.6. The highest BCUT2D eigenvalue weighted by Gasteiger charge is 2.23. The van der Waals surface area contributed by atoms with E-state index in [1.54, 1.807) is 6.07 Å². The summed E-state index contributed by atoms with van der Waals surface area (Å²) in [6.45, 7) is 4.21. The van der Waals surface area contributed by atoms with Crippen LogP contribution >= 0.6 is 0 Å². The first-order chi connectivity index (χ1) is 14.0. The van der Waals surface area contributed by atoms with Gasteiger partial charge in [-0.2, -0.15) is 0 Å². The highest BCUT2D eigenvalue weighted by Crippen LogP contribution is 2.34. The first-order valence-corrected chi connectivity index (χ1v) is 9.96. The summed E-state index contributed by atoms with van der Waals surface area (Å²) in [5.74, 6) is 0.0504. The van der Waals surface area contributed by atoms with Gasteiger partial charge in [0.2, 0.25) is 0 Å². The summed E-state index contributed by atoms with van der Waals surface area (Å²) < 4.78 is 15.9. The van der Waals surface area contributed by atoms with E-state index in [0.717, 1.165) is 64.8 Å². The monoisotopic (exact) mass is 390 g/mol. The van der Waals surface area contributed by atoms with Crippen molar-refractivity contribution in [1.29, 1.82) is 0 Å². The first kappa shape index (κ1) is 18.1. The third kappa shape index (κ3) is 3.04. The largest absolute Gasteiger partial charge is 0.505 e. The number of rotatable bonds is 2. The van der Waals surface area contributed by atoms with Crippen molar-refractivity contribution in [3.05, 3.63) is 54.2 Å². The van der Waals surface area contributed by atoms with Crippen molar-refractivity contribution in [3.8, 4) is 16.9 Å². The minimum atomic E-state index is -0.616. The Morgan fingerprint density at radius 1 is 1.03 bits per heavy atom. The third-order valence-electron chi connectivity index (χ3n) is 6.02. The molecule has 0 spiro atoms. The van der Waals surface area contributed by atoms with E-state index in [1.165, 1.54) is 12.1 Å². The SMILES string of the molecule is Cc1nc2cnc3ccc(-c4ccc(F)c(O)c4)cc3c2n1C1CCN(C)CC1. The average molecular weight is 390 g/mol. The van der Waals surface area contributed by atoms with Crippen LogP contribution in [0.2, 0.25) is 0 Å². The number of phenols is 1. The Balaban J connectivity index is 1.71. The lowest BCUT2D eigenvalue weighted by atomic mass is 10.0. The second kappa shape index (κ2) is 6.81. The van der Waals surface area contributed by atoms with Crippen molar-refractivity contribution in [2.45, 2.75) is 25.8 Å². The topological polar surface area (TPSA) is 54.2 Å². The molecule has 2 aromatic heterocycles. The molecule has 4 aromatic rings. The fourth-order valence-corrected chi connectivity index (χ4v) is 4.46. The summed E-state index contributed by atoms with van der Waals surface area (Å²) in [7, 11) is 2.17. The van der Waals surface area contributed by atoms with Crippen molar-refractivity contribution in [2.75, 3.05) is 20.1 Å². The summed E-state index contributed by atoms with van der Waals surface area (Å²) in [5.41, 5.74) is 4.59. The van der Waals surface area contributed by atoms with Gasteiger partial charge in [-0.15, -0.1) is 0 Å². The Labute approximate surface area is 168 Å². The first-order valence-electron chi connectivity index (χ1n) is 9.96. The van der Waals surface area contributed by atoms with Gasteiger partial charge in [0.25, 0.3) is 0 Å². The average Bonchev–Trinajstić information content (AvgIpc) is 3.06. The zero-order valence-electron chi connectivity index (χ0n) is 16.6. The molecule has 1 aliphatic rings. The van der Waals surface area contributed by atoms with Gasteiger partial charge < -0.3 is 14.6 Å². The van der Waals surface area contributed by atoms with E-state index in [1.807, 2.05) is 18.3 Å². The smallest absolute Gasteiger partial charge is 0.164 e. The van der Waals surface area contributed by atoms with Crippen LogP contribution in [0.25, 0.3) is 33.1 Å². The molecule has 0 saturated carbocycles. The molecular weight excluding hydrogens is 367 g/mol. The number of phenolic OH excluding ortho intramolecular Hbond substituents is 1. The third-order valence-corrected chi connectivity index (χ3v) is 6.02. The Kier molecular flexibility index (Phi) is 4.24. The standard InChI is InChI=1S/C23H23FN4O/c1-14-26-21-13-25-20-6-4-15(16-3-5-19(24)22(29)12-16)11-18(20)23(21)28(14)17-7-9-27(2)10-8-17/h3-6,11-13,17,29H,7-10H2,1-2H3. The van der Waals surface area contributed by atoms with Gasteiger partial charge in [-0.3, -0.25) is 4.98 Å². The normalized spacial score (nSPS) is 16.1. The van der Waals surface area contributed by atoms with Crippen LogP contribution in [0.15, 0.2) is 42.6 Å². The number of likely N-dealkylation sites (tertiary alicyclic amines) is 1. The number of halogens is 1. The molecular formula is C23H23FN4O. The maximum Gasteiger partial charge on any atom is 0.164 e. The lowest BCUT2D eigenvalue weighted by Gasteiger charge is -2.31. The quantitative estimate of drug-likeness (QED) is 0.540. The van der Waals surface area contributed by atoms with Gasteiger partial charge in [-0.1, -0.05) is 12.1 Å². The summed E-state index contributed by atoms with van der Waals surface area (Å²) in [5, 5.41) is 10.8. The molecule has 1 saturated heterocycles. The fourth-order valence-electron chi connectivity index (χ4n) is 4.46. The van der Waals surface area contributed by atoms with Crippen LogP contribution in [0.4, 0.5) is 4.39 Å². The van der Waals surface area contributed by atoms with Gasteiger partial charge in [0.1, 0.15) is 11.3 Å². The van der Waals surface area contributed by atoms with Crippen LogP contribution in [0, 0.1) is 12.7 Å². The molecule has 1 aliphatic heterocycles. The fraction of sp³-hybridized carbons (Fsp3) is 0.304. The highest BCUT2D eigenvalue weighted by atomic mass is 19.1. The molecule has 148 valence electrons. The second-order valence-corrected chi connectivity index (χ2v) is 7.95. The van der Waals surface area contributed by atoms with Gasteiger partial charge >= 0.3 is 0 Å². The maximum absolute atomic E-state index is 13.5. The van der Waals surface area contributed by atoms with Gasteiger partial charge in [-0.05, 0) is 75.3 Å². The molecule has 0 atom stereocenters. The van der Waals surface area contributed by atoms with Crippen molar-refractivity contribution in [2.24, 2.45) is 0 Å². The molecule has 6 heteroatoms. The Morgan fingerprint density at radius 3 is 2.52 bits per heavy atom. The Bertz CT molecular complexity index is 1220. The van der Waals surface area contributed by atoms with Crippen LogP contribution in [-0.2, 0) is 0 Å². The minimum absolute atomic E-state index is 0.342. The van der Waals surface area contributed by atoms with Gasteiger partial charge in [0, 0.05) is 11.4 Å². The molecule has 0 amide bonds. The lowest BCUT2D eigenvalue weighted by molar-refractivity contribution is 0.222. The van der Waals surface area contributed by atoms with Crippen molar-refractivity contribution in [1.82, 2.24) is 19.4 Å². The number of aryl methyl sites for hydroxylation is 1. The summed E-state index contributed by atoms with van der Waals surface area (Å²) in [4.78, 5) is 11.7. The Morgan fingerprint density at radius 2 is 1.76 bits per heavy atom. The summed E-state index contributed by atoms with van der Waals surface area (Å²) in [6.07, 6.45) is 4.04. The van der Waals surface area contributed by atoms with Crippen LogP contribution < -0.4 is 0 Å². The molecule has 0 unspecified atom stereocenters. The van der Waals surface area contributed by atoms with E-state index in [-0.39, 0.29) is 5.75 Å². The maximum atomic E-state index is 13.5. The number of hydrogen-bond acceptors (Lipinski definition) is 4. The number of pyridine rings is 1. The molecule has 0 aliphatic carbocycles. The van der Waals surface area contributed by atoms with Crippen LogP contribution in [0.5, 0.6) is 5.75 Å². The van der Waals surface area contributed by atoms with E-state index in [4.69, 9.17) is 4.98 Å². The summed E-state index contributed by atoms with van der Waals surface area (Å²) in [6, 6.07) is 10.9. The lowest BCUT2D eigenvalue weighted by Crippen LogP contribution is -2.31. The molecule has 2 aromatic carbocycles. The van der Waals surface area contributed by atoms with E-state index in [9.17, 15) is 9.50 Å². The van der Waals surface area contributed by atoms with Crippen molar-refractivity contribution in [3.63, 3.8) is 0 Å². The van der Waals surface area contributed by atoms with Gasteiger partial charge in [0.05, 0.1) is 17.2 Å². The van der Waals surface area contributed by atoms with Crippen molar-refractivity contribution < 1.29 is 9.50 Å². The van der Waals surface area contributed by atoms with E-state index >= 15 is 0 Å². The molecule has 0 bridgehead atoms. The molecule has 3 heterocycles. The molecule has 1 fully saturated rings. The van der Waals surface area contributed by atoms with Crippen LogP contribution in [0.3, 0.4) is 0 Å². The second-order valence-electron chi connectivity index (χ2n) is 7.95. The minimum Gasteiger partial charge on any atom is -0.505 e. The predicted molar refractivity (Wildman–Crippen MR) is 113 cm³/mol. The Hall–Kier alpha value is -2.99. The van der Waals surface area contributed by atoms with Gasteiger partial charge in [-0.25, -0.2) is 9.37 Å².